The van der Waals surface area contributed by atoms with Crippen molar-refractivity contribution in [2.24, 2.45) is 5.73 Å². The maximum Gasteiger partial charge on any atom is 0.117 e. The van der Waals surface area contributed by atoms with Crippen LogP contribution in [0.25, 0.3) is 0 Å². The van der Waals surface area contributed by atoms with Crippen LogP contribution in [-0.2, 0) is 0 Å². The quantitative estimate of drug-likeness (QED) is 0.549. The highest BCUT2D eigenvalue weighted by atomic mass is 19.1. The first-order valence-corrected chi connectivity index (χ1v) is 2.45. The van der Waals surface area contributed by atoms with Crippen LogP contribution in [0.15, 0.2) is 11.5 Å². The van der Waals surface area contributed by atoms with Gasteiger partial charge in [0.25, 0.3) is 0 Å². The van der Waals surface area contributed by atoms with Gasteiger partial charge in [-0.3, -0.25) is 0 Å². The summed E-state index contributed by atoms with van der Waals surface area (Å²) >= 11 is 0. The van der Waals surface area contributed by atoms with E-state index in [1.807, 2.05) is 0 Å². The zero-order valence-electron chi connectivity index (χ0n) is 5.16. The van der Waals surface area contributed by atoms with Gasteiger partial charge in [-0.25, -0.2) is 4.39 Å². The Bertz CT molecular complexity index is 88.6. The molecule has 0 aromatic carbocycles. The molecule has 0 atom stereocenters. The van der Waals surface area contributed by atoms with E-state index in [1.165, 1.54) is 6.92 Å². The van der Waals surface area contributed by atoms with Crippen LogP contribution in [0.2, 0.25) is 0 Å². The highest BCUT2D eigenvalue weighted by Crippen LogP contribution is 1.97. The van der Waals surface area contributed by atoms with Crippen LogP contribution in [0, 0.1) is 0 Å². The molecule has 0 bridgehead atoms. The molecule has 8 heavy (non-hydrogen) atoms. The lowest BCUT2D eigenvalue weighted by Crippen LogP contribution is -2.16. The molecule has 3 heteroatoms. The Morgan fingerprint density at radius 1 is 1.75 bits per heavy atom. The van der Waals surface area contributed by atoms with Crippen LogP contribution in [0.3, 0.4) is 0 Å². The highest BCUT2D eigenvalue weighted by molar-refractivity contribution is 5.03. The Kier molecular flexibility index (Phi) is 3.19. The maximum atomic E-state index is 12.1. The number of nitrogens with one attached hydrogen (secondary N) is 1. The summed E-state index contributed by atoms with van der Waals surface area (Å²) in [5.74, 6) is -0.241. The van der Waals surface area contributed by atoms with Crippen molar-refractivity contribution in [2.75, 3.05) is 13.6 Å². The second kappa shape index (κ2) is 3.43. The van der Waals surface area contributed by atoms with Crippen LogP contribution in [-0.4, -0.2) is 13.6 Å². The summed E-state index contributed by atoms with van der Waals surface area (Å²) in [6.45, 7) is 1.61. The van der Waals surface area contributed by atoms with Gasteiger partial charge in [0, 0.05) is 13.6 Å². The second-order valence-corrected chi connectivity index (χ2v) is 1.47. The third-order valence-corrected chi connectivity index (χ3v) is 0.922. The Hall–Kier alpha value is -0.570. The molecule has 0 heterocycles. The monoisotopic (exact) mass is 118 g/mol. The Balaban J connectivity index is 3.86. The lowest BCUT2D eigenvalue weighted by molar-refractivity contribution is 0.610. The summed E-state index contributed by atoms with van der Waals surface area (Å²) in [5, 5.41) is 2.63. The van der Waals surface area contributed by atoms with Gasteiger partial charge >= 0.3 is 0 Å². The molecule has 0 aromatic heterocycles. The number of likely N-dealkylation sites (N-methyl/N-ethyl adjacent to an activating group) is 1. The molecular formula is C5H11FN2. The minimum Gasteiger partial charge on any atom is -0.388 e. The molecule has 0 amide bonds. The van der Waals surface area contributed by atoms with Gasteiger partial charge in [-0.2, -0.15) is 0 Å². The topological polar surface area (TPSA) is 38.0 Å². The van der Waals surface area contributed by atoms with Crippen LogP contribution >= 0.6 is 0 Å². The lowest BCUT2D eigenvalue weighted by atomic mass is 10.4. The van der Waals surface area contributed by atoms with Gasteiger partial charge in [0.05, 0.1) is 5.70 Å². The van der Waals surface area contributed by atoms with E-state index in [2.05, 4.69) is 5.32 Å². The van der Waals surface area contributed by atoms with E-state index in [-0.39, 0.29) is 12.4 Å². The zero-order valence-corrected chi connectivity index (χ0v) is 5.16. The molecule has 2 nitrogen and oxygen atoms in total. The fraction of sp³-hybridized carbons (Fsp3) is 0.600. The van der Waals surface area contributed by atoms with E-state index in [4.69, 9.17) is 5.73 Å². The summed E-state index contributed by atoms with van der Waals surface area (Å²) in [6, 6.07) is 0. The molecule has 0 unspecified atom stereocenters. The maximum absolute atomic E-state index is 12.1. The summed E-state index contributed by atoms with van der Waals surface area (Å²) in [7, 11) is 1.64. The average Bonchev–Trinajstić information content (AvgIpc) is 1.69. The Morgan fingerprint density at radius 2 is 2.25 bits per heavy atom. The second-order valence-electron chi connectivity index (χ2n) is 1.47. The van der Waals surface area contributed by atoms with Gasteiger partial charge in [0.15, 0.2) is 0 Å². The van der Waals surface area contributed by atoms with Crippen molar-refractivity contribution in [3.8, 4) is 0 Å². The number of nitrogens with two attached hydrogens (primary N) is 1. The first-order valence-electron chi connectivity index (χ1n) is 2.45. The van der Waals surface area contributed by atoms with Crippen molar-refractivity contribution in [3.63, 3.8) is 0 Å². The molecule has 3 N–H and O–H groups in total. The predicted octanol–water partition coefficient (Wildman–Crippen LogP) is 0.366. The van der Waals surface area contributed by atoms with Crippen molar-refractivity contribution in [3.05, 3.63) is 11.5 Å². The fourth-order valence-corrected chi connectivity index (χ4v) is 0.415. The predicted molar refractivity (Wildman–Crippen MR) is 31.9 cm³/mol. The third-order valence-electron chi connectivity index (χ3n) is 0.922. The van der Waals surface area contributed by atoms with Gasteiger partial charge in [0.2, 0.25) is 0 Å². The van der Waals surface area contributed by atoms with Crippen LogP contribution < -0.4 is 11.1 Å². The zero-order chi connectivity index (χ0) is 6.57. The van der Waals surface area contributed by atoms with E-state index in [0.717, 1.165) is 0 Å². The van der Waals surface area contributed by atoms with Gasteiger partial charge in [-0.05, 0) is 6.92 Å². The molecule has 48 valence electrons. The summed E-state index contributed by atoms with van der Waals surface area (Å²) in [6.07, 6.45) is 0. The lowest BCUT2D eigenvalue weighted by Gasteiger charge is -2.00. The molecule has 0 aliphatic carbocycles. The highest BCUT2D eigenvalue weighted by Gasteiger charge is 1.92. The van der Waals surface area contributed by atoms with Crippen molar-refractivity contribution in [1.29, 1.82) is 0 Å². The smallest absolute Gasteiger partial charge is 0.117 e. The molecule has 0 rings (SSSR count). The molecule has 0 aromatic rings. The van der Waals surface area contributed by atoms with Crippen molar-refractivity contribution >= 4 is 0 Å². The third kappa shape index (κ3) is 1.93. The minimum absolute atomic E-state index is 0.235. The molecule has 0 aliphatic rings. The normalized spacial score (nSPS) is 13.0. The molecular weight excluding hydrogens is 107 g/mol. The molecule has 0 spiro atoms. The van der Waals surface area contributed by atoms with Gasteiger partial charge in [0.1, 0.15) is 5.83 Å². The standard InChI is InChI=1S/C5H11FN2/c1-4(6)5(3-7)8-2/h8H,3,7H2,1-2H3/b5-4+. The summed E-state index contributed by atoms with van der Waals surface area (Å²) in [5.41, 5.74) is 5.59. The fourth-order valence-electron chi connectivity index (χ4n) is 0.415. The number of rotatable bonds is 2. The van der Waals surface area contributed by atoms with Gasteiger partial charge in [-0.1, -0.05) is 0 Å². The van der Waals surface area contributed by atoms with Crippen molar-refractivity contribution < 1.29 is 4.39 Å². The SMILES string of the molecule is CN/C(CN)=C(\C)F. The van der Waals surface area contributed by atoms with E-state index in [0.29, 0.717) is 5.70 Å². The number of hydrogen-bond donors (Lipinski definition) is 2. The number of halogens is 1. The van der Waals surface area contributed by atoms with E-state index >= 15 is 0 Å². The van der Waals surface area contributed by atoms with Gasteiger partial charge < -0.3 is 11.1 Å². The van der Waals surface area contributed by atoms with Crippen molar-refractivity contribution in [1.82, 2.24) is 5.32 Å². The first-order chi connectivity index (χ1) is 3.72. The molecule has 0 fully saturated rings. The van der Waals surface area contributed by atoms with E-state index in [1.54, 1.807) is 7.05 Å². The van der Waals surface area contributed by atoms with Gasteiger partial charge in [-0.15, -0.1) is 0 Å². The largest absolute Gasteiger partial charge is 0.388 e. The van der Waals surface area contributed by atoms with Crippen molar-refractivity contribution in [2.45, 2.75) is 6.92 Å². The molecule has 0 aliphatic heterocycles. The number of allylic oxidation sites excluding steroid dienone is 1. The molecule has 0 radical (unpaired) electrons. The van der Waals surface area contributed by atoms with Crippen LogP contribution in [0.5, 0.6) is 0 Å². The number of hydrogen-bond acceptors (Lipinski definition) is 2. The van der Waals surface area contributed by atoms with Crippen LogP contribution in [0.4, 0.5) is 4.39 Å². The summed E-state index contributed by atoms with van der Waals surface area (Å²) in [4.78, 5) is 0. The molecule has 0 saturated carbocycles. The molecule has 0 saturated heterocycles. The van der Waals surface area contributed by atoms with Crippen LogP contribution in [0.1, 0.15) is 6.92 Å². The minimum atomic E-state index is -0.241. The average molecular weight is 118 g/mol. The van der Waals surface area contributed by atoms with E-state index < -0.39 is 0 Å². The Labute approximate surface area is 48.6 Å². The summed E-state index contributed by atoms with van der Waals surface area (Å²) < 4.78 is 12.1. The Morgan fingerprint density at radius 3 is 2.25 bits per heavy atom. The van der Waals surface area contributed by atoms with E-state index in [9.17, 15) is 4.39 Å². The first kappa shape index (κ1) is 7.43.